The van der Waals surface area contributed by atoms with E-state index >= 15 is 0 Å². The van der Waals surface area contributed by atoms with E-state index in [9.17, 15) is 14.4 Å². The number of methoxy groups -OCH3 is 2. The van der Waals surface area contributed by atoms with Crippen LogP contribution in [-0.4, -0.2) is 48.0 Å². The van der Waals surface area contributed by atoms with Crippen LogP contribution in [0.25, 0.3) is 11.5 Å². The molecule has 2 heterocycles. The third-order valence-electron chi connectivity index (χ3n) is 3.94. The van der Waals surface area contributed by atoms with Crippen molar-refractivity contribution in [2.75, 3.05) is 25.3 Å². The number of anilines is 1. The lowest BCUT2D eigenvalue weighted by Crippen LogP contribution is -2.18. The van der Waals surface area contributed by atoms with Crippen LogP contribution in [0.2, 0.25) is 0 Å². The van der Waals surface area contributed by atoms with Crippen LogP contribution >= 0.6 is 11.8 Å². The van der Waals surface area contributed by atoms with Gasteiger partial charge < -0.3 is 23.6 Å². The molecule has 30 heavy (non-hydrogen) atoms. The lowest BCUT2D eigenvalue weighted by Gasteiger charge is -2.11. The summed E-state index contributed by atoms with van der Waals surface area (Å²) in [5, 5.41) is 10.6. The summed E-state index contributed by atoms with van der Waals surface area (Å²) < 4.78 is 20.1. The van der Waals surface area contributed by atoms with Gasteiger partial charge in [0.05, 0.1) is 48.6 Å². The van der Waals surface area contributed by atoms with Crippen molar-refractivity contribution >= 4 is 35.3 Å². The number of carbonyl (C=O) groups is 3. The molecule has 0 aliphatic heterocycles. The van der Waals surface area contributed by atoms with E-state index in [2.05, 4.69) is 20.3 Å². The number of amides is 1. The molecule has 11 heteroatoms. The van der Waals surface area contributed by atoms with Crippen molar-refractivity contribution in [3.05, 3.63) is 47.4 Å². The fraction of sp³-hybridized carbons (Fsp3) is 0.211. The van der Waals surface area contributed by atoms with Crippen LogP contribution in [-0.2, 0) is 14.3 Å². The van der Waals surface area contributed by atoms with Crippen LogP contribution in [0, 0.1) is 6.92 Å². The minimum absolute atomic E-state index is 0.0743. The van der Waals surface area contributed by atoms with Crippen molar-refractivity contribution in [2.24, 2.45) is 0 Å². The van der Waals surface area contributed by atoms with Gasteiger partial charge in [0.2, 0.25) is 5.91 Å². The number of ether oxygens (including phenoxy) is 2. The first-order valence-electron chi connectivity index (χ1n) is 8.54. The van der Waals surface area contributed by atoms with E-state index in [0.29, 0.717) is 11.3 Å². The van der Waals surface area contributed by atoms with Gasteiger partial charge in [0.15, 0.2) is 0 Å². The number of hydrogen-bond acceptors (Lipinski definition) is 10. The number of furan rings is 1. The molecule has 0 aliphatic rings. The number of aromatic nitrogens is 2. The number of rotatable bonds is 7. The molecule has 0 radical (unpaired) electrons. The Morgan fingerprint density at radius 3 is 2.53 bits per heavy atom. The Kier molecular flexibility index (Phi) is 6.52. The predicted octanol–water partition coefficient (Wildman–Crippen LogP) is 2.94. The Labute approximate surface area is 174 Å². The van der Waals surface area contributed by atoms with Gasteiger partial charge in [-0.05, 0) is 31.2 Å². The Bertz CT molecular complexity index is 1090. The van der Waals surface area contributed by atoms with Crippen molar-refractivity contribution in [1.82, 2.24) is 10.2 Å². The Morgan fingerprint density at radius 2 is 1.87 bits per heavy atom. The summed E-state index contributed by atoms with van der Waals surface area (Å²) in [6.07, 6.45) is 1.51. The molecular weight excluding hydrogens is 414 g/mol. The van der Waals surface area contributed by atoms with E-state index in [1.54, 1.807) is 13.0 Å². The highest BCUT2D eigenvalue weighted by atomic mass is 32.2. The molecular formula is C19H17N3O7S. The fourth-order valence-corrected chi connectivity index (χ4v) is 3.04. The van der Waals surface area contributed by atoms with E-state index in [1.807, 2.05) is 0 Å². The van der Waals surface area contributed by atoms with Crippen LogP contribution in [0.5, 0.6) is 0 Å². The lowest BCUT2D eigenvalue weighted by atomic mass is 10.1. The molecule has 0 spiro atoms. The zero-order valence-corrected chi connectivity index (χ0v) is 17.1. The molecule has 3 rings (SSSR count). The number of benzene rings is 1. The molecule has 0 unspecified atom stereocenters. The monoisotopic (exact) mass is 431 g/mol. The maximum Gasteiger partial charge on any atom is 0.339 e. The summed E-state index contributed by atoms with van der Waals surface area (Å²) in [5.41, 5.74) is 1.06. The van der Waals surface area contributed by atoms with Crippen molar-refractivity contribution < 1.29 is 32.7 Å². The Balaban J connectivity index is 1.70. The summed E-state index contributed by atoms with van der Waals surface area (Å²) in [5.74, 6) is -0.881. The van der Waals surface area contributed by atoms with E-state index in [-0.39, 0.29) is 33.7 Å². The second-order valence-electron chi connectivity index (χ2n) is 5.84. The van der Waals surface area contributed by atoms with Crippen molar-refractivity contribution in [3.63, 3.8) is 0 Å². The Hall–Kier alpha value is -3.60. The van der Waals surface area contributed by atoms with Gasteiger partial charge in [-0.25, -0.2) is 9.59 Å². The van der Waals surface area contributed by atoms with E-state index in [0.717, 1.165) is 11.8 Å². The van der Waals surface area contributed by atoms with Crippen molar-refractivity contribution in [1.29, 1.82) is 0 Å². The molecule has 1 aromatic carbocycles. The number of carbonyl (C=O) groups excluding carboxylic acids is 3. The van der Waals surface area contributed by atoms with E-state index in [4.69, 9.17) is 13.6 Å². The van der Waals surface area contributed by atoms with Crippen molar-refractivity contribution in [2.45, 2.75) is 12.1 Å². The molecule has 0 aliphatic carbocycles. The second kappa shape index (κ2) is 9.27. The van der Waals surface area contributed by atoms with Gasteiger partial charge in [-0.3, -0.25) is 4.79 Å². The standard InChI is InChI=1S/C19H17N3O7S/c1-10-12(6-7-28-10)16-21-22-19(29-16)30-9-15(23)20-14-8-11(17(24)26-2)4-5-13(14)18(25)27-3/h4-8H,9H2,1-3H3,(H,20,23). The van der Waals surface area contributed by atoms with Crippen LogP contribution in [0.4, 0.5) is 5.69 Å². The van der Waals surface area contributed by atoms with E-state index in [1.165, 1.54) is 38.7 Å². The molecule has 3 aromatic rings. The summed E-state index contributed by atoms with van der Waals surface area (Å²) in [6.45, 7) is 1.77. The summed E-state index contributed by atoms with van der Waals surface area (Å²) >= 11 is 1.02. The summed E-state index contributed by atoms with van der Waals surface area (Å²) in [7, 11) is 2.45. The highest BCUT2D eigenvalue weighted by Crippen LogP contribution is 2.26. The van der Waals surface area contributed by atoms with Crippen LogP contribution in [0.3, 0.4) is 0 Å². The van der Waals surface area contributed by atoms with Gasteiger partial charge >= 0.3 is 11.9 Å². The third kappa shape index (κ3) is 4.69. The second-order valence-corrected chi connectivity index (χ2v) is 6.77. The molecule has 0 saturated heterocycles. The molecule has 0 atom stereocenters. The number of aryl methyl sites for hydroxylation is 1. The normalized spacial score (nSPS) is 10.5. The average molecular weight is 431 g/mol. The molecule has 2 aromatic heterocycles. The highest BCUT2D eigenvalue weighted by Gasteiger charge is 2.19. The largest absolute Gasteiger partial charge is 0.469 e. The molecule has 1 N–H and O–H groups in total. The summed E-state index contributed by atoms with van der Waals surface area (Å²) in [6, 6.07) is 5.82. The third-order valence-corrected chi connectivity index (χ3v) is 4.76. The summed E-state index contributed by atoms with van der Waals surface area (Å²) in [4.78, 5) is 36.1. The smallest absolute Gasteiger partial charge is 0.339 e. The molecule has 0 fully saturated rings. The fourth-order valence-electron chi connectivity index (χ4n) is 2.48. The maximum absolute atomic E-state index is 12.4. The quantitative estimate of drug-likeness (QED) is 0.439. The first-order chi connectivity index (χ1) is 14.4. The minimum atomic E-state index is -0.661. The van der Waals surface area contributed by atoms with Crippen LogP contribution in [0.15, 0.2) is 44.6 Å². The topological polar surface area (TPSA) is 134 Å². The van der Waals surface area contributed by atoms with Gasteiger partial charge in [0, 0.05) is 0 Å². The minimum Gasteiger partial charge on any atom is -0.469 e. The average Bonchev–Trinajstić information content (AvgIpc) is 3.39. The molecule has 0 bridgehead atoms. The number of hydrogen-bond donors (Lipinski definition) is 1. The maximum atomic E-state index is 12.4. The van der Waals surface area contributed by atoms with E-state index < -0.39 is 17.8 Å². The molecule has 1 amide bonds. The zero-order valence-electron chi connectivity index (χ0n) is 16.3. The molecule has 10 nitrogen and oxygen atoms in total. The van der Waals surface area contributed by atoms with Crippen LogP contribution < -0.4 is 5.32 Å². The SMILES string of the molecule is COC(=O)c1ccc(C(=O)OC)c(NC(=O)CSc2nnc(-c3ccoc3C)o2)c1. The predicted molar refractivity (Wildman–Crippen MR) is 105 cm³/mol. The Morgan fingerprint density at radius 1 is 1.10 bits per heavy atom. The number of esters is 2. The highest BCUT2D eigenvalue weighted by molar-refractivity contribution is 7.99. The van der Waals surface area contributed by atoms with Gasteiger partial charge in [-0.1, -0.05) is 11.8 Å². The first kappa shape index (κ1) is 21.1. The number of thioether (sulfide) groups is 1. The molecule has 0 saturated carbocycles. The number of nitrogens with one attached hydrogen (secondary N) is 1. The number of nitrogens with zero attached hydrogens (tertiary/aromatic N) is 2. The van der Waals surface area contributed by atoms with Gasteiger partial charge in [0.25, 0.3) is 11.1 Å². The van der Waals surface area contributed by atoms with Gasteiger partial charge in [0.1, 0.15) is 5.76 Å². The first-order valence-corrected chi connectivity index (χ1v) is 9.52. The van der Waals surface area contributed by atoms with Crippen LogP contribution in [0.1, 0.15) is 26.5 Å². The van der Waals surface area contributed by atoms with Crippen molar-refractivity contribution in [3.8, 4) is 11.5 Å². The lowest BCUT2D eigenvalue weighted by molar-refractivity contribution is -0.113. The molecule has 156 valence electrons. The van der Waals surface area contributed by atoms with Gasteiger partial charge in [-0.2, -0.15) is 0 Å². The zero-order chi connectivity index (χ0) is 21.7. The van der Waals surface area contributed by atoms with Gasteiger partial charge in [-0.15, -0.1) is 10.2 Å².